The van der Waals surface area contributed by atoms with E-state index in [2.05, 4.69) is 10.8 Å². The minimum Gasteiger partial charge on any atom is -1.00 e. The molecule has 1 nitrogen and oxygen atoms in total. The van der Waals surface area contributed by atoms with Crippen LogP contribution in [-0.2, 0) is 0 Å². The van der Waals surface area contributed by atoms with Crippen LogP contribution in [0.5, 0.6) is 5.75 Å². The molecule has 0 heterocycles. The molecule has 0 aliphatic carbocycles. The minimum absolute atomic E-state index is 0. The first kappa shape index (κ1) is 16.2. The van der Waals surface area contributed by atoms with E-state index in [0.717, 1.165) is 0 Å². The second kappa shape index (κ2) is 8.13. The van der Waals surface area contributed by atoms with Crippen LogP contribution in [0.3, 0.4) is 0 Å². The zero-order valence-corrected chi connectivity index (χ0v) is 9.94. The molecule has 0 bridgehead atoms. The third-order valence-corrected chi connectivity index (χ3v) is 1.04. The summed E-state index contributed by atoms with van der Waals surface area (Å²) in [7, 11) is 0. The summed E-state index contributed by atoms with van der Waals surface area (Å²) in [6, 6.07) is 6.26. The van der Waals surface area contributed by atoms with E-state index in [4.69, 9.17) is 0 Å². The molecule has 0 aromatic heterocycles. The van der Waals surface area contributed by atoms with Gasteiger partial charge in [-0.2, -0.15) is 31.4 Å². The number of hydrogen-bond donors (Lipinski definition) is 0. The van der Waals surface area contributed by atoms with Crippen molar-refractivity contribution in [2.45, 2.75) is 0 Å². The summed E-state index contributed by atoms with van der Waals surface area (Å²) >= 11 is 0. The minimum atomic E-state index is -2.47. The second-order valence-electron chi connectivity index (χ2n) is 1.87. The molecule has 0 spiro atoms. The Bertz CT molecular complexity index is 288. The maximum atomic E-state index is 12.1. The molecule has 1 aromatic carbocycles. The number of benzene rings is 1. The quantitative estimate of drug-likeness (QED) is 0.403. The summed E-state index contributed by atoms with van der Waals surface area (Å²) in [4.78, 5) is 0. The van der Waals surface area contributed by atoms with E-state index in [9.17, 15) is 13.2 Å². The summed E-state index contributed by atoms with van der Waals surface area (Å²) in [6.07, 6.45) is -2.47. The number of ether oxygens (including phenoxy) is 1. The molecule has 1 rings (SSSR count). The molecule has 0 aliphatic heterocycles. The van der Waals surface area contributed by atoms with Gasteiger partial charge in [-0.1, -0.05) is 0 Å². The zero-order valence-electron chi connectivity index (χ0n) is 6.94. The van der Waals surface area contributed by atoms with Gasteiger partial charge in [-0.3, -0.25) is 0 Å². The van der Waals surface area contributed by atoms with Crippen molar-refractivity contribution in [2.75, 3.05) is 0 Å². The van der Waals surface area contributed by atoms with Crippen molar-refractivity contribution in [3.8, 4) is 5.75 Å². The normalized spacial score (nSPS) is 7.93. The van der Waals surface area contributed by atoms with Crippen molar-refractivity contribution in [3.05, 3.63) is 42.4 Å². The van der Waals surface area contributed by atoms with Crippen LogP contribution in [0.4, 0.5) is 13.2 Å². The zero-order chi connectivity index (χ0) is 8.97. The molecule has 1 aromatic rings. The average molecular weight is 277 g/mol. The van der Waals surface area contributed by atoms with E-state index >= 15 is 0 Å². The molecule has 6 heteroatoms. The fraction of sp³-hybridized carbons (Fsp3) is 0. The summed E-state index contributed by atoms with van der Waals surface area (Å²) < 4.78 is 39.2. The van der Waals surface area contributed by atoms with E-state index in [1.165, 1.54) is 24.3 Å². The number of rotatable bonds is 2. The van der Waals surface area contributed by atoms with Gasteiger partial charge in [0.2, 0.25) is 0 Å². The molecule has 14 heavy (non-hydrogen) atoms. The van der Waals surface area contributed by atoms with Crippen LogP contribution in [-0.4, -0.2) is 23.1 Å². The van der Waals surface area contributed by atoms with E-state index in [1.54, 1.807) is 0 Å². The smallest absolute Gasteiger partial charge is 1.00 e. The van der Waals surface area contributed by atoms with Gasteiger partial charge in [-0.05, 0) is 0 Å². The summed E-state index contributed by atoms with van der Waals surface area (Å²) in [5.74, 6) is 0.0130. The molecule has 0 amide bonds. The summed E-state index contributed by atoms with van der Waals surface area (Å²) in [5, 5.41) is 0. The van der Waals surface area contributed by atoms with Crippen molar-refractivity contribution in [2.24, 2.45) is 0 Å². The average Bonchev–Trinajstić information content (AvgIpc) is 2.06. The van der Waals surface area contributed by atoms with E-state index in [0.29, 0.717) is 0 Å². The second-order valence-corrected chi connectivity index (χ2v) is 1.87. The first-order valence-electron chi connectivity index (χ1n) is 3.05. The van der Waals surface area contributed by atoms with Crippen molar-refractivity contribution < 1.29 is 34.9 Å². The Morgan fingerprint density at radius 2 is 1.64 bits per heavy atom. The van der Waals surface area contributed by atoms with Gasteiger partial charge in [0.15, 0.2) is 0 Å². The Balaban J connectivity index is 0. The van der Waals surface area contributed by atoms with Gasteiger partial charge >= 0.3 is 35.1 Å². The molecule has 72 valence electrons. The maximum Gasteiger partial charge on any atom is 2.00 e. The Labute approximate surface area is 106 Å². The Morgan fingerprint density at radius 3 is 2.07 bits per heavy atom. The first-order chi connectivity index (χ1) is 5.70. The van der Waals surface area contributed by atoms with Crippen LogP contribution in [0.15, 0.2) is 36.4 Å². The van der Waals surface area contributed by atoms with E-state index < -0.39 is 12.1 Å². The Hall–Kier alpha value is -0.204. The van der Waals surface area contributed by atoms with Crippen molar-refractivity contribution >= 4 is 23.1 Å². The van der Waals surface area contributed by atoms with Crippen LogP contribution >= 0.6 is 0 Å². The largest absolute Gasteiger partial charge is 2.00 e. The van der Waals surface area contributed by atoms with Crippen molar-refractivity contribution in [1.29, 1.82) is 0 Å². The molecule has 0 N–H and O–H groups in total. The van der Waals surface area contributed by atoms with Gasteiger partial charge < -0.3 is 21.7 Å². The summed E-state index contributed by atoms with van der Waals surface area (Å²) in [6.45, 7) is 0. The van der Waals surface area contributed by atoms with Gasteiger partial charge in [0.05, 0.1) is 0 Å². The molecule has 0 saturated carbocycles. The fourth-order valence-electron chi connectivity index (χ4n) is 0.582. The standard InChI is InChI=1S/C8H4F3O.BrH.Mg/c9-7(10)8(11)12-6-4-2-1-3-5-6;;/h2-5H;1H;/q-1;;+2/p-1. The van der Waals surface area contributed by atoms with E-state index in [1.807, 2.05) is 0 Å². The first-order valence-corrected chi connectivity index (χ1v) is 3.05. The molecule has 0 unspecified atom stereocenters. The molecule has 0 fully saturated rings. The molecule has 0 radical (unpaired) electrons. The maximum absolute atomic E-state index is 12.1. The van der Waals surface area contributed by atoms with Crippen LogP contribution in [0, 0.1) is 6.07 Å². The Kier molecular flexibility index (Phi) is 9.43. The Morgan fingerprint density at radius 1 is 1.14 bits per heavy atom. The van der Waals surface area contributed by atoms with Gasteiger partial charge in [-0.15, -0.1) is 12.1 Å². The predicted molar refractivity (Wildman–Crippen MR) is 42.0 cm³/mol. The van der Waals surface area contributed by atoms with Gasteiger partial charge in [0.25, 0.3) is 0 Å². The SMILES string of the molecule is FC(F)=C(F)Oc1cc[c-]cc1.[Br-].[Mg+2]. The molecule has 0 atom stereocenters. The molecule has 0 aliphatic rings. The predicted octanol–water partition coefficient (Wildman–Crippen LogP) is -0.476. The van der Waals surface area contributed by atoms with Gasteiger partial charge in [-0.25, -0.2) is 0 Å². The third-order valence-electron chi connectivity index (χ3n) is 1.04. The van der Waals surface area contributed by atoms with Crippen LogP contribution in [0.1, 0.15) is 0 Å². The molecule has 0 saturated heterocycles. The van der Waals surface area contributed by atoms with E-state index in [-0.39, 0.29) is 45.8 Å². The molecular formula is C8H4BrF3MgO. The van der Waals surface area contributed by atoms with Crippen molar-refractivity contribution in [1.82, 2.24) is 0 Å². The number of hydrogen-bond acceptors (Lipinski definition) is 1. The van der Waals surface area contributed by atoms with Crippen LogP contribution in [0.2, 0.25) is 0 Å². The van der Waals surface area contributed by atoms with Crippen LogP contribution < -0.4 is 21.7 Å². The topological polar surface area (TPSA) is 9.23 Å². The fourth-order valence-corrected chi connectivity index (χ4v) is 0.582. The van der Waals surface area contributed by atoms with Gasteiger partial charge in [0, 0.05) is 5.75 Å². The summed E-state index contributed by atoms with van der Waals surface area (Å²) in [5.41, 5.74) is 0. The van der Waals surface area contributed by atoms with Gasteiger partial charge in [0.1, 0.15) is 0 Å². The van der Waals surface area contributed by atoms with Crippen LogP contribution in [0.25, 0.3) is 0 Å². The molecular weight excluding hydrogens is 273 g/mol. The van der Waals surface area contributed by atoms with Crippen molar-refractivity contribution in [3.63, 3.8) is 0 Å². The monoisotopic (exact) mass is 276 g/mol. The number of halogens is 4. The third kappa shape index (κ3) is 5.51.